The summed E-state index contributed by atoms with van der Waals surface area (Å²) in [6.07, 6.45) is 42.2. The minimum atomic E-state index is -0.833. The van der Waals surface area contributed by atoms with Crippen LogP contribution in [0.5, 0.6) is 0 Å². The number of ether oxygens (including phenoxy) is 1. The van der Waals surface area contributed by atoms with Crippen LogP contribution in [0, 0.1) is 0 Å². The molecule has 0 saturated heterocycles. The molecule has 43 heavy (non-hydrogen) atoms. The molecule has 0 aromatic carbocycles. The minimum Gasteiger partial charge on any atom is -0.393 e. The smallest absolute Gasteiger partial charge is 0.313 e. The van der Waals surface area contributed by atoms with Crippen LogP contribution in [0.2, 0.25) is 0 Å². The molecule has 0 aliphatic rings. The van der Waals surface area contributed by atoms with Crippen LogP contribution in [0.1, 0.15) is 194 Å². The van der Waals surface area contributed by atoms with Crippen LogP contribution in [-0.4, -0.2) is 18.0 Å². The van der Waals surface area contributed by atoms with Crippen molar-refractivity contribution >= 4 is 18.0 Å². The zero-order chi connectivity index (χ0) is 32.1. The molecule has 2 amide bonds. The number of hydrogen-bond acceptors (Lipinski definition) is 4. The number of nitrogens with two attached hydrogens (primary N) is 2. The molecule has 0 aromatic heterocycles. The topological polar surface area (TPSA) is 112 Å². The summed E-state index contributed by atoms with van der Waals surface area (Å²) in [5.74, 6) is -0.684. The van der Waals surface area contributed by atoms with Gasteiger partial charge in [0.25, 0.3) is 0 Å². The van der Waals surface area contributed by atoms with E-state index in [1.807, 2.05) is 0 Å². The molecule has 0 unspecified atom stereocenters. The van der Waals surface area contributed by atoms with Crippen LogP contribution in [0.25, 0.3) is 0 Å². The van der Waals surface area contributed by atoms with Crippen molar-refractivity contribution in [2.45, 2.75) is 194 Å². The van der Waals surface area contributed by atoms with Gasteiger partial charge in [-0.1, -0.05) is 141 Å². The molecule has 6 heteroatoms. The molecule has 0 aliphatic heterocycles. The summed E-state index contributed by atoms with van der Waals surface area (Å²) in [5.41, 5.74) is 8.50. The Hall–Kier alpha value is -2.11. The molecule has 0 rings (SSSR count). The Morgan fingerprint density at radius 3 is 0.930 bits per heavy atom. The summed E-state index contributed by atoms with van der Waals surface area (Å²) >= 11 is 0. The molecule has 0 aromatic rings. The minimum absolute atomic E-state index is 0.342. The van der Waals surface area contributed by atoms with Gasteiger partial charge in [0.1, 0.15) is 0 Å². The van der Waals surface area contributed by atoms with Crippen molar-refractivity contribution < 1.29 is 19.1 Å². The van der Waals surface area contributed by atoms with Crippen molar-refractivity contribution in [3.8, 4) is 0 Å². The largest absolute Gasteiger partial charge is 0.393 e. The molecule has 0 radical (unpaired) electrons. The maximum Gasteiger partial charge on any atom is 0.313 e. The third-order valence-electron chi connectivity index (χ3n) is 7.51. The van der Waals surface area contributed by atoms with Crippen molar-refractivity contribution in [1.82, 2.24) is 0 Å². The van der Waals surface area contributed by atoms with Crippen LogP contribution in [-0.2, 0) is 14.3 Å². The van der Waals surface area contributed by atoms with Crippen LogP contribution in [0.3, 0.4) is 0 Å². The molecule has 4 N–H and O–H groups in total. The quantitative estimate of drug-likeness (QED) is 0.0366. The standard InChI is InChI=1S/C36H66O3.CH4N2O/c1-3-5-7-9-11-13-15-17-19-21-23-25-27-29-31-33-35(37)39-36(38)34-32-30-28-26-24-22-20-18-16-14-12-10-8-6-4-2;2-1(3)4/h17-20H,3-16,21-34H2,1-2H3;(H4,2,3,4). The summed E-state index contributed by atoms with van der Waals surface area (Å²) in [7, 11) is 0. The molecule has 0 saturated carbocycles. The van der Waals surface area contributed by atoms with Gasteiger partial charge in [-0.05, 0) is 64.2 Å². The number of amides is 2. The van der Waals surface area contributed by atoms with E-state index in [9.17, 15) is 9.59 Å². The van der Waals surface area contributed by atoms with E-state index in [-0.39, 0.29) is 11.9 Å². The van der Waals surface area contributed by atoms with Gasteiger partial charge in [0, 0.05) is 12.8 Å². The van der Waals surface area contributed by atoms with Crippen LogP contribution < -0.4 is 11.5 Å². The first-order chi connectivity index (χ1) is 20.9. The molecule has 6 nitrogen and oxygen atoms in total. The van der Waals surface area contributed by atoms with E-state index in [1.54, 1.807) is 0 Å². The van der Waals surface area contributed by atoms with E-state index < -0.39 is 6.03 Å². The number of rotatable bonds is 30. The Labute approximate surface area is 266 Å². The van der Waals surface area contributed by atoms with E-state index in [0.29, 0.717) is 12.8 Å². The molecule has 0 heterocycles. The SMILES string of the molecule is CCCCCCCCC=CCCCCCCCC(=O)OC(=O)CCCCCCCC=CCCCCCCCC.NC(N)=O. The van der Waals surface area contributed by atoms with Gasteiger partial charge in [0.05, 0.1) is 0 Å². The number of carbonyl (C=O) groups is 3. The van der Waals surface area contributed by atoms with Crippen molar-refractivity contribution in [3.05, 3.63) is 24.3 Å². The third kappa shape index (κ3) is 44.5. The average Bonchev–Trinajstić information content (AvgIpc) is 2.96. The van der Waals surface area contributed by atoms with E-state index in [2.05, 4.69) is 49.6 Å². The lowest BCUT2D eigenvalue weighted by atomic mass is 10.1. The number of hydrogen-bond donors (Lipinski definition) is 2. The summed E-state index contributed by atoms with van der Waals surface area (Å²) in [4.78, 5) is 32.8. The highest BCUT2D eigenvalue weighted by atomic mass is 16.6. The maximum atomic E-state index is 11.9. The summed E-state index contributed by atoms with van der Waals surface area (Å²) < 4.78 is 4.99. The highest BCUT2D eigenvalue weighted by Crippen LogP contribution is 2.12. The van der Waals surface area contributed by atoms with E-state index in [1.165, 1.54) is 128 Å². The molecule has 0 atom stereocenters. The number of allylic oxidation sites excluding steroid dienone is 4. The predicted molar refractivity (Wildman–Crippen MR) is 184 cm³/mol. The Bertz CT molecular complexity index is 622. The van der Waals surface area contributed by atoms with Crippen molar-refractivity contribution in [2.24, 2.45) is 11.5 Å². The van der Waals surface area contributed by atoms with Gasteiger partial charge in [-0.15, -0.1) is 0 Å². The fraction of sp³-hybridized carbons (Fsp3) is 0.811. The molecule has 252 valence electrons. The summed E-state index contributed by atoms with van der Waals surface area (Å²) in [5, 5.41) is 0. The summed E-state index contributed by atoms with van der Waals surface area (Å²) in [6, 6.07) is -0.833. The van der Waals surface area contributed by atoms with Crippen molar-refractivity contribution in [2.75, 3.05) is 0 Å². The number of carbonyl (C=O) groups excluding carboxylic acids is 3. The van der Waals surface area contributed by atoms with Gasteiger partial charge in [-0.2, -0.15) is 0 Å². The van der Waals surface area contributed by atoms with Gasteiger partial charge in [-0.3, -0.25) is 9.59 Å². The maximum absolute atomic E-state index is 11.9. The first kappa shape index (κ1) is 43.0. The first-order valence-electron chi connectivity index (χ1n) is 18.0. The monoisotopic (exact) mass is 607 g/mol. The molecular formula is C37H70N2O4. The van der Waals surface area contributed by atoms with Crippen LogP contribution in [0.4, 0.5) is 4.79 Å². The summed E-state index contributed by atoms with van der Waals surface area (Å²) in [6.45, 7) is 4.53. The third-order valence-corrected chi connectivity index (χ3v) is 7.51. The highest BCUT2D eigenvalue weighted by molar-refractivity contribution is 5.85. The lowest BCUT2D eigenvalue weighted by Crippen LogP contribution is -2.18. The Balaban J connectivity index is 0. The van der Waals surface area contributed by atoms with Gasteiger partial charge < -0.3 is 16.2 Å². The van der Waals surface area contributed by atoms with Gasteiger partial charge in [0.15, 0.2) is 0 Å². The fourth-order valence-corrected chi connectivity index (χ4v) is 4.91. The average molecular weight is 607 g/mol. The molecule has 0 fully saturated rings. The number of unbranched alkanes of at least 4 members (excludes halogenated alkanes) is 22. The van der Waals surface area contributed by atoms with E-state index in [0.717, 1.165) is 38.5 Å². The number of primary amides is 2. The zero-order valence-electron chi connectivity index (χ0n) is 28.4. The Kier molecular flexibility index (Phi) is 37.9. The van der Waals surface area contributed by atoms with Gasteiger partial charge in [-0.25, -0.2) is 4.79 Å². The Morgan fingerprint density at radius 2 is 0.651 bits per heavy atom. The second kappa shape index (κ2) is 37.9. The van der Waals surface area contributed by atoms with Crippen molar-refractivity contribution in [3.63, 3.8) is 0 Å². The van der Waals surface area contributed by atoms with Gasteiger partial charge >= 0.3 is 18.0 Å². The first-order valence-corrected chi connectivity index (χ1v) is 18.0. The van der Waals surface area contributed by atoms with Crippen molar-refractivity contribution in [1.29, 1.82) is 0 Å². The fourth-order valence-electron chi connectivity index (χ4n) is 4.91. The zero-order valence-corrected chi connectivity index (χ0v) is 28.4. The van der Waals surface area contributed by atoms with Crippen LogP contribution >= 0.6 is 0 Å². The lowest BCUT2D eigenvalue weighted by molar-refractivity contribution is -0.159. The predicted octanol–water partition coefficient (Wildman–Crippen LogP) is 11.2. The molecule has 0 bridgehead atoms. The second-order valence-corrected chi connectivity index (χ2v) is 11.9. The Morgan fingerprint density at radius 1 is 0.419 bits per heavy atom. The highest BCUT2D eigenvalue weighted by Gasteiger charge is 2.09. The second-order valence-electron chi connectivity index (χ2n) is 11.9. The normalized spacial score (nSPS) is 11.1. The lowest BCUT2D eigenvalue weighted by Gasteiger charge is -2.04. The van der Waals surface area contributed by atoms with Crippen LogP contribution in [0.15, 0.2) is 24.3 Å². The number of esters is 2. The molecular weight excluding hydrogens is 536 g/mol. The number of urea groups is 1. The van der Waals surface area contributed by atoms with E-state index in [4.69, 9.17) is 9.53 Å². The molecule has 0 aliphatic carbocycles. The molecule has 0 spiro atoms. The van der Waals surface area contributed by atoms with Gasteiger partial charge in [0.2, 0.25) is 0 Å². The van der Waals surface area contributed by atoms with E-state index >= 15 is 0 Å².